The molecule has 0 heterocycles. The van der Waals surface area contributed by atoms with E-state index in [9.17, 15) is 0 Å². The second kappa shape index (κ2) is 7.30. The highest BCUT2D eigenvalue weighted by Crippen LogP contribution is 2.32. The molecule has 0 aromatic heterocycles. The molecule has 2 aromatic carbocycles. The lowest BCUT2D eigenvalue weighted by atomic mass is 10.1. The topological polar surface area (TPSA) is 12.0 Å². The first-order valence-electron chi connectivity index (χ1n) is 6.76. The molecular weight excluding hydrogens is 330 g/mol. The molecule has 3 heteroatoms. The highest BCUT2D eigenvalue weighted by Gasteiger charge is 2.07. The Kier molecular flexibility index (Phi) is 5.70. The monoisotopic (exact) mass is 349 g/mol. The maximum Gasteiger partial charge on any atom is 0.0314 e. The van der Waals surface area contributed by atoms with Crippen molar-refractivity contribution in [3.63, 3.8) is 0 Å². The first kappa shape index (κ1) is 15.6. The number of nitrogens with one attached hydrogen (secondary N) is 1. The van der Waals surface area contributed by atoms with Crippen molar-refractivity contribution >= 4 is 27.7 Å². The van der Waals surface area contributed by atoms with Crippen molar-refractivity contribution < 1.29 is 0 Å². The number of hydrogen-bond acceptors (Lipinski definition) is 2. The van der Waals surface area contributed by atoms with Gasteiger partial charge in [0.15, 0.2) is 0 Å². The van der Waals surface area contributed by atoms with Gasteiger partial charge in [0.25, 0.3) is 0 Å². The van der Waals surface area contributed by atoms with Crippen molar-refractivity contribution in [1.29, 1.82) is 0 Å². The second-order valence-corrected chi connectivity index (χ2v) is 6.79. The summed E-state index contributed by atoms with van der Waals surface area (Å²) in [6, 6.07) is 15.6. The molecule has 1 unspecified atom stereocenters. The molecule has 1 atom stereocenters. The van der Waals surface area contributed by atoms with Crippen LogP contribution >= 0.6 is 27.7 Å². The standard InChI is InChI=1S/C17H20BrNS/c1-12-6-4-5-7-15(12)11-20-17-9-8-14(10-16(17)18)13(2)19-3/h4-10,13,19H,11H2,1-3H3. The lowest BCUT2D eigenvalue weighted by Gasteiger charge is -2.13. The van der Waals surface area contributed by atoms with E-state index >= 15 is 0 Å². The zero-order chi connectivity index (χ0) is 14.5. The van der Waals surface area contributed by atoms with E-state index in [1.807, 2.05) is 18.8 Å². The van der Waals surface area contributed by atoms with E-state index in [4.69, 9.17) is 0 Å². The third-order valence-corrected chi connectivity index (χ3v) is 5.57. The lowest BCUT2D eigenvalue weighted by Crippen LogP contribution is -2.12. The number of aryl methyl sites for hydroxylation is 1. The van der Waals surface area contributed by atoms with E-state index in [0.717, 1.165) is 5.75 Å². The average molecular weight is 350 g/mol. The fraction of sp³-hybridized carbons (Fsp3) is 0.294. The minimum atomic E-state index is 0.377. The molecule has 0 saturated heterocycles. The van der Waals surface area contributed by atoms with Crippen molar-refractivity contribution in [2.24, 2.45) is 0 Å². The molecule has 0 amide bonds. The SMILES string of the molecule is CNC(C)c1ccc(SCc2ccccc2C)c(Br)c1. The van der Waals surface area contributed by atoms with Crippen LogP contribution in [-0.4, -0.2) is 7.05 Å². The molecule has 0 aliphatic carbocycles. The third-order valence-electron chi connectivity index (χ3n) is 3.53. The Bertz CT molecular complexity index is 583. The normalized spacial score (nSPS) is 12.4. The van der Waals surface area contributed by atoms with Crippen LogP contribution in [0.25, 0.3) is 0 Å². The molecule has 0 spiro atoms. The van der Waals surface area contributed by atoms with Gasteiger partial charge >= 0.3 is 0 Å². The summed E-state index contributed by atoms with van der Waals surface area (Å²) in [6.45, 7) is 4.34. The largest absolute Gasteiger partial charge is 0.313 e. The van der Waals surface area contributed by atoms with Gasteiger partial charge in [0, 0.05) is 21.2 Å². The van der Waals surface area contributed by atoms with E-state index in [0.29, 0.717) is 6.04 Å². The summed E-state index contributed by atoms with van der Waals surface area (Å²) in [4.78, 5) is 1.29. The molecule has 106 valence electrons. The molecule has 1 nitrogen and oxygen atoms in total. The summed E-state index contributed by atoms with van der Waals surface area (Å²) in [5.41, 5.74) is 4.06. The average Bonchev–Trinajstić information content (AvgIpc) is 2.46. The first-order chi connectivity index (χ1) is 9.61. The Morgan fingerprint density at radius 1 is 1.20 bits per heavy atom. The maximum absolute atomic E-state index is 3.69. The van der Waals surface area contributed by atoms with Gasteiger partial charge in [0.05, 0.1) is 0 Å². The molecule has 0 saturated carbocycles. The van der Waals surface area contributed by atoms with Gasteiger partial charge in [0.2, 0.25) is 0 Å². The van der Waals surface area contributed by atoms with Gasteiger partial charge in [-0.2, -0.15) is 0 Å². The Hall–Kier alpha value is -0.770. The quantitative estimate of drug-likeness (QED) is 0.732. The molecule has 0 radical (unpaired) electrons. The Morgan fingerprint density at radius 3 is 2.60 bits per heavy atom. The highest BCUT2D eigenvalue weighted by atomic mass is 79.9. The van der Waals surface area contributed by atoms with Crippen LogP contribution in [0.15, 0.2) is 51.8 Å². The van der Waals surface area contributed by atoms with E-state index in [2.05, 4.69) is 77.6 Å². The van der Waals surface area contributed by atoms with Gasteiger partial charge in [-0.05, 0) is 65.6 Å². The second-order valence-electron chi connectivity index (χ2n) is 4.92. The Balaban J connectivity index is 2.09. The Morgan fingerprint density at radius 2 is 1.95 bits per heavy atom. The van der Waals surface area contributed by atoms with Crippen molar-refractivity contribution in [2.75, 3.05) is 7.05 Å². The van der Waals surface area contributed by atoms with Crippen molar-refractivity contribution in [3.8, 4) is 0 Å². The van der Waals surface area contributed by atoms with Crippen LogP contribution in [0.2, 0.25) is 0 Å². The highest BCUT2D eigenvalue weighted by molar-refractivity contribution is 9.10. The number of rotatable bonds is 5. The molecule has 0 bridgehead atoms. The summed E-state index contributed by atoms with van der Waals surface area (Å²) in [6.07, 6.45) is 0. The van der Waals surface area contributed by atoms with Crippen molar-refractivity contribution in [2.45, 2.75) is 30.5 Å². The van der Waals surface area contributed by atoms with Gasteiger partial charge < -0.3 is 5.32 Å². The van der Waals surface area contributed by atoms with Gasteiger partial charge in [-0.1, -0.05) is 30.3 Å². The molecule has 20 heavy (non-hydrogen) atoms. The van der Waals surface area contributed by atoms with Gasteiger partial charge in [-0.15, -0.1) is 11.8 Å². The first-order valence-corrected chi connectivity index (χ1v) is 8.53. The molecule has 0 aliphatic rings. The molecular formula is C17H20BrNS. The van der Waals surface area contributed by atoms with Crippen LogP contribution in [0.1, 0.15) is 29.7 Å². The van der Waals surface area contributed by atoms with Crippen LogP contribution in [0.3, 0.4) is 0 Å². The van der Waals surface area contributed by atoms with Crippen LogP contribution in [0.5, 0.6) is 0 Å². The van der Waals surface area contributed by atoms with Gasteiger partial charge in [-0.3, -0.25) is 0 Å². The molecule has 0 fully saturated rings. The number of benzene rings is 2. The van der Waals surface area contributed by atoms with Crippen LogP contribution in [-0.2, 0) is 5.75 Å². The van der Waals surface area contributed by atoms with E-state index in [1.165, 1.54) is 26.1 Å². The number of hydrogen-bond donors (Lipinski definition) is 1. The van der Waals surface area contributed by atoms with Crippen LogP contribution in [0, 0.1) is 6.92 Å². The van der Waals surface area contributed by atoms with E-state index in [1.54, 1.807) is 0 Å². The summed E-state index contributed by atoms with van der Waals surface area (Å²) >= 11 is 5.56. The zero-order valence-electron chi connectivity index (χ0n) is 12.1. The predicted octanol–water partition coefficient (Wildman–Crippen LogP) is 5.33. The van der Waals surface area contributed by atoms with Gasteiger partial charge in [0.1, 0.15) is 0 Å². The summed E-state index contributed by atoms with van der Waals surface area (Å²) in [5.74, 6) is 1.01. The number of thioether (sulfide) groups is 1. The molecule has 2 rings (SSSR count). The van der Waals surface area contributed by atoms with E-state index in [-0.39, 0.29) is 0 Å². The smallest absolute Gasteiger partial charge is 0.0314 e. The number of halogens is 1. The van der Waals surface area contributed by atoms with Crippen molar-refractivity contribution in [3.05, 3.63) is 63.6 Å². The Labute approximate surface area is 134 Å². The maximum atomic E-state index is 3.69. The zero-order valence-corrected chi connectivity index (χ0v) is 14.5. The molecule has 0 aliphatic heterocycles. The summed E-state index contributed by atoms with van der Waals surface area (Å²) in [7, 11) is 1.99. The fourth-order valence-corrected chi connectivity index (χ4v) is 3.73. The lowest BCUT2D eigenvalue weighted by molar-refractivity contribution is 0.651. The summed E-state index contributed by atoms with van der Waals surface area (Å²) in [5, 5.41) is 3.27. The minimum Gasteiger partial charge on any atom is -0.313 e. The van der Waals surface area contributed by atoms with Crippen LogP contribution in [0.4, 0.5) is 0 Å². The van der Waals surface area contributed by atoms with Crippen molar-refractivity contribution in [1.82, 2.24) is 5.32 Å². The van der Waals surface area contributed by atoms with Gasteiger partial charge in [-0.25, -0.2) is 0 Å². The predicted molar refractivity (Wildman–Crippen MR) is 92.4 cm³/mol. The third kappa shape index (κ3) is 3.87. The molecule has 2 aromatic rings. The van der Waals surface area contributed by atoms with Crippen LogP contribution < -0.4 is 5.32 Å². The van der Waals surface area contributed by atoms with E-state index < -0.39 is 0 Å². The fourth-order valence-electron chi connectivity index (χ4n) is 2.00. The minimum absolute atomic E-state index is 0.377. The molecule has 1 N–H and O–H groups in total. The summed E-state index contributed by atoms with van der Waals surface area (Å²) < 4.78 is 1.18.